The van der Waals surface area contributed by atoms with Gasteiger partial charge in [-0.25, -0.2) is 0 Å². The van der Waals surface area contributed by atoms with Gasteiger partial charge in [0.2, 0.25) is 5.27 Å². The van der Waals surface area contributed by atoms with Gasteiger partial charge >= 0.3 is 5.88 Å². The Hall–Kier alpha value is -2.08. The smallest absolute Gasteiger partial charge is 0.285 e. The Kier molecular flexibility index (Phi) is 3.47. The molecule has 0 unspecified atom stereocenters. The molecule has 7 heteroatoms. The highest BCUT2D eigenvalue weighted by Crippen LogP contribution is 2.16. The summed E-state index contributed by atoms with van der Waals surface area (Å²) in [6.45, 7) is 0. The number of amides is 1. The lowest BCUT2D eigenvalue weighted by Gasteiger charge is -2.01. The number of carbonyl (C=O) groups is 1. The highest BCUT2D eigenvalue weighted by molar-refractivity contribution is 6.34. The topological polar surface area (TPSA) is 62.2 Å². The first-order valence-corrected chi connectivity index (χ1v) is 5.58. The fraction of sp³-hybridized carbons (Fsp3) is 0.182. The number of nitrogens with zero attached hydrogens (tertiary/aromatic N) is 3. The molecular weight excluding hydrogens is 256 g/mol. The van der Waals surface area contributed by atoms with Gasteiger partial charge < -0.3 is 0 Å². The number of benzene rings is 1. The SMILES string of the molecule is CN(C)[n+]1cc(NC(=O)c2ccccc2Cl)on1. The second kappa shape index (κ2) is 5.05. The maximum atomic E-state index is 11.9. The summed E-state index contributed by atoms with van der Waals surface area (Å²) < 4.78 is 4.95. The van der Waals surface area contributed by atoms with E-state index in [-0.39, 0.29) is 11.8 Å². The zero-order chi connectivity index (χ0) is 13.1. The number of nitrogens with one attached hydrogen (secondary N) is 1. The molecule has 0 spiro atoms. The van der Waals surface area contributed by atoms with Crippen molar-refractivity contribution in [2.75, 3.05) is 24.4 Å². The van der Waals surface area contributed by atoms with E-state index in [2.05, 4.69) is 10.6 Å². The predicted molar refractivity (Wildman–Crippen MR) is 66.2 cm³/mol. The molecule has 1 heterocycles. The summed E-state index contributed by atoms with van der Waals surface area (Å²) in [4.78, 5) is 13.4. The Labute approximate surface area is 109 Å². The molecule has 0 aliphatic rings. The number of halogens is 1. The van der Waals surface area contributed by atoms with Crippen LogP contribution in [0.15, 0.2) is 35.0 Å². The van der Waals surface area contributed by atoms with Gasteiger partial charge in [0, 0.05) is 0 Å². The van der Waals surface area contributed by atoms with E-state index >= 15 is 0 Å². The molecule has 94 valence electrons. The average molecular weight is 268 g/mol. The lowest BCUT2D eigenvalue weighted by atomic mass is 10.2. The van der Waals surface area contributed by atoms with Crippen LogP contribution >= 0.6 is 11.6 Å². The van der Waals surface area contributed by atoms with E-state index in [0.29, 0.717) is 10.6 Å². The van der Waals surface area contributed by atoms with Gasteiger partial charge in [-0.3, -0.25) is 14.6 Å². The van der Waals surface area contributed by atoms with Gasteiger partial charge in [0.05, 0.1) is 29.5 Å². The lowest BCUT2D eigenvalue weighted by molar-refractivity contribution is -0.753. The Bertz CT molecular complexity index is 568. The molecule has 2 rings (SSSR count). The lowest BCUT2D eigenvalue weighted by Crippen LogP contribution is -2.53. The highest BCUT2D eigenvalue weighted by atomic mass is 35.5. The van der Waals surface area contributed by atoms with Crippen molar-refractivity contribution in [2.24, 2.45) is 0 Å². The van der Waals surface area contributed by atoms with Crippen molar-refractivity contribution < 1.29 is 14.1 Å². The second-order valence-corrected chi connectivity index (χ2v) is 4.18. The number of hydrogen-bond acceptors (Lipinski definition) is 4. The maximum absolute atomic E-state index is 11.9. The summed E-state index contributed by atoms with van der Waals surface area (Å²) >= 11 is 5.92. The number of aromatic nitrogens is 2. The third-order valence-corrected chi connectivity index (χ3v) is 2.55. The summed E-state index contributed by atoms with van der Waals surface area (Å²) in [7, 11) is 3.59. The Morgan fingerprint density at radius 2 is 2.17 bits per heavy atom. The Balaban J connectivity index is 2.14. The van der Waals surface area contributed by atoms with Crippen LogP contribution in [0, 0.1) is 0 Å². The molecule has 0 atom stereocenters. The second-order valence-electron chi connectivity index (χ2n) is 3.77. The number of rotatable bonds is 3. The predicted octanol–water partition coefficient (Wildman–Crippen LogP) is 1.07. The summed E-state index contributed by atoms with van der Waals surface area (Å²) in [6.07, 6.45) is 1.55. The summed E-state index contributed by atoms with van der Waals surface area (Å²) in [5.41, 5.74) is 0.381. The quantitative estimate of drug-likeness (QED) is 0.845. The Morgan fingerprint density at radius 1 is 1.44 bits per heavy atom. The monoisotopic (exact) mass is 267 g/mol. The molecule has 0 fully saturated rings. The molecule has 1 N–H and O–H groups in total. The van der Waals surface area contributed by atoms with E-state index in [1.807, 2.05) is 0 Å². The third-order valence-electron chi connectivity index (χ3n) is 2.22. The molecule has 1 aromatic heterocycles. The van der Waals surface area contributed by atoms with Crippen molar-refractivity contribution in [2.45, 2.75) is 0 Å². The van der Waals surface area contributed by atoms with Crippen molar-refractivity contribution in [3.05, 3.63) is 41.0 Å². The third kappa shape index (κ3) is 2.60. The van der Waals surface area contributed by atoms with Gasteiger partial charge in [0.25, 0.3) is 12.1 Å². The van der Waals surface area contributed by atoms with Crippen LogP contribution in [0.25, 0.3) is 0 Å². The zero-order valence-electron chi connectivity index (χ0n) is 9.92. The van der Waals surface area contributed by atoms with E-state index in [1.165, 1.54) is 4.79 Å². The molecule has 0 aliphatic heterocycles. The molecule has 0 radical (unpaired) electrons. The van der Waals surface area contributed by atoms with Crippen LogP contribution in [0.2, 0.25) is 5.02 Å². The maximum Gasteiger partial charge on any atom is 0.306 e. The molecule has 0 saturated heterocycles. The first kappa shape index (κ1) is 12.4. The molecular formula is C11H12ClN4O2+. The van der Waals surface area contributed by atoms with E-state index in [0.717, 1.165) is 0 Å². The fourth-order valence-corrected chi connectivity index (χ4v) is 1.53. The van der Waals surface area contributed by atoms with Crippen LogP contribution in [-0.2, 0) is 0 Å². The van der Waals surface area contributed by atoms with Crippen molar-refractivity contribution in [1.82, 2.24) is 5.27 Å². The average Bonchev–Trinajstić information content (AvgIpc) is 2.78. The van der Waals surface area contributed by atoms with Crippen molar-refractivity contribution in [3.63, 3.8) is 0 Å². The van der Waals surface area contributed by atoms with Gasteiger partial charge in [-0.2, -0.15) is 5.01 Å². The number of hydrogen-bond donors (Lipinski definition) is 1. The minimum atomic E-state index is -0.345. The van der Waals surface area contributed by atoms with Crippen LogP contribution in [0.1, 0.15) is 10.4 Å². The summed E-state index contributed by atoms with van der Waals surface area (Å²) in [6, 6.07) is 6.78. The van der Waals surface area contributed by atoms with Gasteiger partial charge in [-0.05, 0) is 12.1 Å². The minimum Gasteiger partial charge on any atom is -0.285 e. The van der Waals surface area contributed by atoms with Gasteiger partial charge in [-0.1, -0.05) is 23.7 Å². The van der Waals surface area contributed by atoms with Crippen molar-refractivity contribution >= 4 is 23.4 Å². The Morgan fingerprint density at radius 3 is 2.78 bits per heavy atom. The van der Waals surface area contributed by atoms with Crippen LogP contribution in [-0.4, -0.2) is 25.3 Å². The number of carbonyl (C=O) groups excluding carboxylic acids is 1. The van der Waals surface area contributed by atoms with Crippen molar-refractivity contribution in [3.8, 4) is 0 Å². The molecule has 6 nitrogen and oxygen atoms in total. The van der Waals surface area contributed by atoms with E-state index < -0.39 is 0 Å². The molecule has 2 aromatic rings. The van der Waals surface area contributed by atoms with Crippen molar-refractivity contribution in [1.29, 1.82) is 0 Å². The molecule has 18 heavy (non-hydrogen) atoms. The molecule has 0 aliphatic carbocycles. The number of anilines is 1. The van der Waals surface area contributed by atoms with E-state index in [1.54, 1.807) is 49.6 Å². The molecule has 1 aromatic carbocycles. The van der Waals surface area contributed by atoms with Gasteiger partial charge in [0.15, 0.2) is 0 Å². The van der Waals surface area contributed by atoms with Crippen LogP contribution in [0.3, 0.4) is 0 Å². The largest absolute Gasteiger partial charge is 0.306 e. The zero-order valence-corrected chi connectivity index (χ0v) is 10.7. The van der Waals surface area contributed by atoms with Crippen LogP contribution < -0.4 is 15.1 Å². The highest BCUT2D eigenvalue weighted by Gasteiger charge is 2.17. The summed E-state index contributed by atoms with van der Waals surface area (Å²) in [5.74, 6) is -0.101. The standard InChI is InChI=1S/C11H11ClN4O2/c1-15(2)16-7-10(18-14-16)13-11(17)8-5-3-4-6-9(8)12/h3-7H,1-2H3/p+1. The summed E-state index contributed by atoms with van der Waals surface area (Å²) in [5, 5.41) is 8.35. The van der Waals surface area contributed by atoms with E-state index in [9.17, 15) is 4.79 Å². The van der Waals surface area contributed by atoms with E-state index in [4.69, 9.17) is 16.1 Å². The molecule has 1 amide bonds. The van der Waals surface area contributed by atoms with Crippen LogP contribution in [0.5, 0.6) is 0 Å². The van der Waals surface area contributed by atoms with Gasteiger partial charge in [-0.15, -0.1) is 0 Å². The normalized spacial score (nSPS) is 10.2. The molecule has 0 saturated carbocycles. The minimum absolute atomic E-state index is 0.244. The van der Waals surface area contributed by atoms with Crippen LogP contribution in [0.4, 0.5) is 5.88 Å². The first-order valence-electron chi connectivity index (χ1n) is 5.20. The molecule has 0 bridgehead atoms. The first-order chi connectivity index (χ1) is 8.58. The van der Waals surface area contributed by atoms with Gasteiger partial charge in [0.1, 0.15) is 0 Å². The fourth-order valence-electron chi connectivity index (χ4n) is 1.31.